The zero-order chi connectivity index (χ0) is 17.4. The Balaban J connectivity index is 2.08. The molecule has 0 aliphatic carbocycles. The van der Waals surface area contributed by atoms with Crippen molar-refractivity contribution in [2.75, 3.05) is 13.2 Å². The number of hydrogen-bond donors (Lipinski definition) is 2. The van der Waals surface area contributed by atoms with Gasteiger partial charge in [0.25, 0.3) is 0 Å². The van der Waals surface area contributed by atoms with Crippen LogP contribution in [0.5, 0.6) is 0 Å². The molecule has 5 heteroatoms. The molecule has 0 bridgehead atoms. The minimum atomic E-state index is -3.57. The number of rotatable bonds is 3. The molecule has 0 spiro atoms. The molecule has 2 aromatic rings. The summed E-state index contributed by atoms with van der Waals surface area (Å²) in [6.45, 7) is 1.67. The Bertz CT molecular complexity index is 924. The molecule has 2 N–H and O–H groups in total. The van der Waals surface area contributed by atoms with Gasteiger partial charge in [-0.05, 0) is 31.2 Å². The first kappa shape index (κ1) is 17.8. The number of aliphatic hydroxyl groups is 1. The monoisotopic (exact) mass is 339 g/mol. The largest absolute Gasteiger partial charge is 0.384 e. The lowest BCUT2D eigenvalue weighted by Crippen LogP contribution is -2.23. The summed E-state index contributed by atoms with van der Waals surface area (Å²) in [6, 6.07) is 13.9. The summed E-state index contributed by atoms with van der Waals surface area (Å²) in [6.07, 6.45) is 0. The van der Waals surface area contributed by atoms with Gasteiger partial charge in [-0.15, -0.1) is 0 Å². The first-order valence-electron chi connectivity index (χ1n) is 7.27. The van der Waals surface area contributed by atoms with E-state index in [2.05, 4.69) is 28.4 Å². The van der Waals surface area contributed by atoms with Crippen molar-refractivity contribution in [3.63, 3.8) is 0 Å². The third-order valence-corrected chi connectivity index (χ3v) is 4.55. The molecule has 0 atom stereocenters. The lowest BCUT2D eigenvalue weighted by molar-refractivity contribution is 0.350. The summed E-state index contributed by atoms with van der Waals surface area (Å²) in [5, 5.41) is 8.76. The van der Waals surface area contributed by atoms with Crippen molar-refractivity contribution in [3.8, 4) is 23.7 Å². The minimum absolute atomic E-state index is 0.00201. The van der Waals surface area contributed by atoms with Crippen LogP contribution in [0.3, 0.4) is 0 Å². The summed E-state index contributed by atoms with van der Waals surface area (Å²) < 4.78 is 26.7. The second-order valence-corrected chi connectivity index (χ2v) is 6.71. The molecule has 0 amide bonds. The molecule has 0 aliphatic heterocycles. The molecule has 0 radical (unpaired) electrons. The Labute approximate surface area is 142 Å². The predicted molar refractivity (Wildman–Crippen MR) is 93.7 cm³/mol. The Kier molecular flexibility index (Phi) is 6.17. The second kappa shape index (κ2) is 8.33. The lowest BCUT2D eigenvalue weighted by Gasteiger charge is -2.03. The molecule has 4 nitrogen and oxygen atoms in total. The Morgan fingerprint density at radius 1 is 0.958 bits per heavy atom. The van der Waals surface area contributed by atoms with Gasteiger partial charge in [-0.1, -0.05) is 53.5 Å². The second-order valence-electron chi connectivity index (χ2n) is 4.94. The van der Waals surface area contributed by atoms with Crippen molar-refractivity contribution < 1.29 is 13.5 Å². The highest BCUT2D eigenvalue weighted by Gasteiger charge is 2.11. The van der Waals surface area contributed by atoms with Crippen LogP contribution in [0.25, 0.3) is 0 Å². The first-order chi connectivity index (χ1) is 11.5. The average molecular weight is 339 g/mol. The Morgan fingerprint density at radius 3 is 2.12 bits per heavy atom. The first-order valence-corrected chi connectivity index (χ1v) is 8.75. The van der Waals surface area contributed by atoms with E-state index in [1.165, 1.54) is 0 Å². The fraction of sp³-hybridized carbons (Fsp3) is 0.158. The van der Waals surface area contributed by atoms with E-state index in [0.717, 1.165) is 5.56 Å². The van der Waals surface area contributed by atoms with Crippen LogP contribution in [0.2, 0.25) is 0 Å². The molecule has 0 unspecified atom stereocenters. The van der Waals surface area contributed by atoms with Crippen molar-refractivity contribution in [2.45, 2.75) is 11.8 Å². The summed E-state index contributed by atoms with van der Waals surface area (Å²) in [5.41, 5.74) is 2.38. The van der Waals surface area contributed by atoms with E-state index in [4.69, 9.17) is 5.11 Å². The van der Waals surface area contributed by atoms with Crippen LogP contribution in [0.1, 0.15) is 16.7 Å². The highest BCUT2D eigenvalue weighted by atomic mass is 32.2. The maximum absolute atomic E-state index is 12.1. The van der Waals surface area contributed by atoms with Gasteiger partial charge in [0.1, 0.15) is 6.61 Å². The van der Waals surface area contributed by atoms with Gasteiger partial charge in [0.05, 0.1) is 11.4 Å². The van der Waals surface area contributed by atoms with E-state index in [0.29, 0.717) is 11.1 Å². The minimum Gasteiger partial charge on any atom is -0.384 e. The predicted octanol–water partition coefficient (Wildman–Crippen LogP) is 1.67. The smallest absolute Gasteiger partial charge is 0.241 e. The molecule has 2 aromatic carbocycles. The number of hydrogen-bond acceptors (Lipinski definition) is 3. The molecular weight excluding hydrogens is 322 g/mol. The van der Waals surface area contributed by atoms with Gasteiger partial charge >= 0.3 is 0 Å². The van der Waals surface area contributed by atoms with Crippen molar-refractivity contribution in [3.05, 3.63) is 65.2 Å². The van der Waals surface area contributed by atoms with E-state index in [-0.39, 0.29) is 18.0 Å². The van der Waals surface area contributed by atoms with E-state index < -0.39 is 10.0 Å². The van der Waals surface area contributed by atoms with Crippen LogP contribution in [0, 0.1) is 30.6 Å². The SMILES string of the molecule is Cc1ccc(S(=O)(=O)NCC#Cc2ccccc2C#CCO)cc1. The van der Waals surface area contributed by atoms with Crippen molar-refractivity contribution in [1.29, 1.82) is 0 Å². The van der Waals surface area contributed by atoms with Crippen LogP contribution in [0.4, 0.5) is 0 Å². The standard InChI is InChI=1S/C19H17NO3S/c1-16-10-12-19(13-11-16)24(22,23)20-14-4-8-17-6-2-3-7-18(17)9-5-15-21/h2-3,6-7,10-13,20-21H,14-15H2,1H3. The van der Waals surface area contributed by atoms with Gasteiger partial charge in [0, 0.05) is 11.1 Å². The van der Waals surface area contributed by atoms with Crippen molar-refractivity contribution in [1.82, 2.24) is 4.72 Å². The van der Waals surface area contributed by atoms with Crippen LogP contribution in [-0.2, 0) is 10.0 Å². The summed E-state index contributed by atoms with van der Waals surface area (Å²) >= 11 is 0. The highest BCUT2D eigenvalue weighted by Crippen LogP contribution is 2.09. The van der Waals surface area contributed by atoms with Gasteiger partial charge in [-0.25, -0.2) is 8.42 Å². The zero-order valence-electron chi connectivity index (χ0n) is 13.2. The quantitative estimate of drug-likeness (QED) is 0.836. The maximum atomic E-state index is 12.1. The van der Waals surface area contributed by atoms with E-state index in [9.17, 15) is 8.42 Å². The summed E-state index contributed by atoms with van der Waals surface area (Å²) in [4.78, 5) is 0.212. The molecule has 0 aliphatic rings. The molecule has 0 saturated heterocycles. The van der Waals surface area contributed by atoms with E-state index in [1.54, 1.807) is 36.4 Å². The summed E-state index contributed by atoms with van der Waals surface area (Å²) in [7, 11) is -3.57. The number of sulfonamides is 1. The van der Waals surface area contributed by atoms with Gasteiger partial charge in [-0.2, -0.15) is 4.72 Å². The summed E-state index contributed by atoms with van der Waals surface area (Å²) in [5.74, 6) is 11.1. The molecule has 0 aromatic heterocycles. The van der Waals surface area contributed by atoms with Crippen molar-refractivity contribution >= 4 is 10.0 Å². The number of aliphatic hydroxyl groups excluding tert-OH is 1. The van der Waals surface area contributed by atoms with Crippen LogP contribution in [0.15, 0.2) is 53.4 Å². The normalized spacial score (nSPS) is 10.2. The molecular formula is C19H17NO3S. The molecule has 24 heavy (non-hydrogen) atoms. The molecule has 0 fully saturated rings. The molecule has 0 heterocycles. The van der Waals surface area contributed by atoms with Crippen LogP contribution >= 0.6 is 0 Å². The number of aryl methyl sites for hydroxylation is 1. The van der Waals surface area contributed by atoms with Gasteiger partial charge in [0.2, 0.25) is 10.0 Å². The third kappa shape index (κ3) is 4.97. The van der Waals surface area contributed by atoms with Crippen LogP contribution < -0.4 is 4.72 Å². The number of nitrogens with one attached hydrogen (secondary N) is 1. The van der Waals surface area contributed by atoms with Crippen molar-refractivity contribution in [2.24, 2.45) is 0 Å². The lowest BCUT2D eigenvalue weighted by atomic mass is 10.1. The fourth-order valence-corrected chi connectivity index (χ4v) is 2.83. The Hall–Kier alpha value is -2.57. The zero-order valence-corrected chi connectivity index (χ0v) is 14.0. The van der Waals surface area contributed by atoms with Gasteiger partial charge in [0.15, 0.2) is 0 Å². The van der Waals surface area contributed by atoms with E-state index in [1.807, 2.05) is 19.1 Å². The molecule has 2 rings (SSSR count). The fourth-order valence-electron chi connectivity index (χ4n) is 1.91. The highest BCUT2D eigenvalue weighted by molar-refractivity contribution is 7.89. The average Bonchev–Trinajstić information content (AvgIpc) is 2.58. The molecule has 122 valence electrons. The van der Waals surface area contributed by atoms with E-state index >= 15 is 0 Å². The number of benzene rings is 2. The van der Waals surface area contributed by atoms with Gasteiger partial charge in [-0.3, -0.25) is 0 Å². The topological polar surface area (TPSA) is 66.4 Å². The van der Waals surface area contributed by atoms with Crippen LogP contribution in [-0.4, -0.2) is 26.7 Å². The maximum Gasteiger partial charge on any atom is 0.241 e. The Morgan fingerprint density at radius 2 is 1.54 bits per heavy atom. The third-order valence-electron chi connectivity index (χ3n) is 3.13. The molecule has 0 saturated carbocycles. The van der Waals surface area contributed by atoms with Gasteiger partial charge < -0.3 is 5.11 Å².